The van der Waals surface area contributed by atoms with Crippen LogP contribution in [0.15, 0.2) is 41.0 Å². The summed E-state index contributed by atoms with van der Waals surface area (Å²) in [6.45, 7) is 0.719. The third-order valence-electron chi connectivity index (χ3n) is 2.52. The van der Waals surface area contributed by atoms with Crippen molar-refractivity contribution in [1.29, 1.82) is 5.26 Å². The summed E-state index contributed by atoms with van der Waals surface area (Å²) in [7, 11) is 1.88. The van der Waals surface area contributed by atoms with Crippen molar-refractivity contribution in [3.63, 3.8) is 0 Å². The van der Waals surface area contributed by atoms with Crippen molar-refractivity contribution in [2.75, 3.05) is 5.32 Å². The number of nitriles is 1. The summed E-state index contributed by atoms with van der Waals surface area (Å²) < 4.78 is 2.90. The van der Waals surface area contributed by atoms with Gasteiger partial charge in [-0.25, -0.2) is 0 Å². The Morgan fingerprint density at radius 2 is 2.06 bits per heavy atom. The van der Waals surface area contributed by atoms with Gasteiger partial charge >= 0.3 is 0 Å². The molecule has 0 radical (unpaired) electrons. The van der Waals surface area contributed by atoms with E-state index in [4.69, 9.17) is 5.26 Å². The smallest absolute Gasteiger partial charge is 0.120 e. The van der Waals surface area contributed by atoms with E-state index in [1.54, 1.807) is 0 Å². The molecule has 1 heterocycles. The van der Waals surface area contributed by atoms with Crippen LogP contribution in [0, 0.1) is 11.3 Å². The van der Waals surface area contributed by atoms with Crippen LogP contribution in [0.4, 0.5) is 5.69 Å². The summed E-state index contributed by atoms with van der Waals surface area (Å²) in [6, 6.07) is 12.1. The monoisotopic (exact) mass is 289 g/mol. The van der Waals surface area contributed by atoms with Crippen molar-refractivity contribution in [1.82, 2.24) is 4.57 Å². The SMILES string of the molecule is Cn1cc(CNc2ccc(Br)cc2)cc1C#N. The summed E-state index contributed by atoms with van der Waals surface area (Å²) in [4.78, 5) is 0. The van der Waals surface area contributed by atoms with E-state index in [2.05, 4.69) is 27.3 Å². The number of nitrogens with zero attached hydrogens (tertiary/aromatic N) is 2. The molecule has 1 aromatic heterocycles. The van der Waals surface area contributed by atoms with E-state index < -0.39 is 0 Å². The lowest BCUT2D eigenvalue weighted by molar-refractivity contribution is 0.902. The number of rotatable bonds is 3. The van der Waals surface area contributed by atoms with Crippen LogP contribution in [0.5, 0.6) is 0 Å². The van der Waals surface area contributed by atoms with Gasteiger partial charge in [0, 0.05) is 29.9 Å². The standard InChI is InChI=1S/C13H12BrN3/c1-17-9-10(6-13(17)7-15)8-16-12-4-2-11(14)3-5-12/h2-6,9,16H,8H2,1H3. The summed E-state index contributed by atoms with van der Waals surface area (Å²) in [5.74, 6) is 0. The Morgan fingerprint density at radius 3 is 2.65 bits per heavy atom. The maximum atomic E-state index is 8.85. The van der Waals surface area contributed by atoms with Gasteiger partial charge in [-0.15, -0.1) is 0 Å². The Labute approximate surface area is 109 Å². The van der Waals surface area contributed by atoms with Crippen molar-refractivity contribution in [3.8, 4) is 6.07 Å². The van der Waals surface area contributed by atoms with E-state index in [0.717, 1.165) is 22.3 Å². The molecule has 0 fully saturated rings. The zero-order valence-electron chi connectivity index (χ0n) is 9.44. The highest BCUT2D eigenvalue weighted by Gasteiger charge is 2.01. The van der Waals surface area contributed by atoms with Crippen molar-refractivity contribution in [2.45, 2.75) is 6.54 Å². The minimum atomic E-state index is 0.678. The van der Waals surface area contributed by atoms with Crippen LogP contribution in [0.3, 0.4) is 0 Å². The molecule has 0 aliphatic carbocycles. The van der Waals surface area contributed by atoms with Crippen LogP contribution in [-0.4, -0.2) is 4.57 Å². The number of nitrogens with one attached hydrogen (secondary N) is 1. The molecule has 0 spiro atoms. The Bertz CT molecular complexity index is 549. The van der Waals surface area contributed by atoms with Gasteiger partial charge in [-0.05, 0) is 35.9 Å². The lowest BCUT2D eigenvalue weighted by Gasteiger charge is -2.04. The molecule has 4 heteroatoms. The second-order valence-corrected chi connectivity index (χ2v) is 4.73. The van der Waals surface area contributed by atoms with Gasteiger partial charge in [0.25, 0.3) is 0 Å². The molecule has 2 rings (SSSR count). The van der Waals surface area contributed by atoms with E-state index in [-0.39, 0.29) is 0 Å². The number of hydrogen-bond donors (Lipinski definition) is 1. The molecule has 3 nitrogen and oxygen atoms in total. The van der Waals surface area contributed by atoms with Gasteiger partial charge < -0.3 is 9.88 Å². The summed E-state index contributed by atoms with van der Waals surface area (Å²) >= 11 is 3.40. The zero-order chi connectivity index (χ0) is 12.3. The molecule has 1 aromatic carbocycles. The van der Waals surface area contributed by atoms with Crippen molar-refractivity contribution >= 4 is 21.6 Å². The van der Waals surface area contributed by atoms with Gasteiger partial charge in [-0.2, -0.15) is 5.26 Å². The predicted molar refractivity (Wildman–Crippen MR) is 71.6 cm³/mol. The highest BCUT2D eigenvalue weighted by atomic mass is 79.9. The number of aryl methyl sites for hydroxylation is 1. The van der Waals surface area contributed by atoms with Gasteiger partial charge in [0.1, 0.15) is 11.8 Å². The Kier molecular flexibility index (Phi) is 3.50. The summed E-state index contributed by atoms with van der Waals surface area (Å²) in [5, 5.41) is 12.2. The van der Waals surface area contributed by atoms with Gasteiger partial charge in [0.05, 0.1) is 0 Å². The van der Waals surface area contributed by atoms with E-state index in [9.17, 15) is 0 Å². The van der Waals surface area contributed by atoms with Crippen LogP contribution >= 0.6 is 15.9 Å². The molecular formula is C13H12BrN3. The third kappa shape index (κ3) is 2.89. The third-order valence-corrected chi connectivity index (χ3v) is 3.05. The number of halogens is 1. The first-order valence-corrected chi connectivity index (χ1v) is 6.03. The van der Waals surface area contributed by atoms with Crippen molar-refractivity contribution in [2.24, 2.45) is 7.05 Å². The molecule has 0 amide bonds. The number of hydrogen-bond acceptors (Lipinski definition) is 2. The predicted octanol–water partition coefficient (Wildman–Crippen LogP) is 3.27. The number of benzene rings is 1. The van der Waals surface area contributed by atoms with Crippen LogP contribution in [0.25, 0.3) is 0 Å². The van der Waals surface area contributed by atoms with Crippen LogP contribution in [-0.2, 0) is 13.6 Å². The van der Waals surface area contributed by atoms with Crippen LogP contribution in [0.1, 0.15) is 11.3 Å². The average Bonchev–Trinajstić information content (AvgIpc) is 2.69. The highest BCUT2D eigenvalue weighted by molar-refractivity contribution is 9.10. The maximum absolute atomic E-state index is 8.85. The molecule has 0 bridgehead atoms. The summed E-state index contributed by atoms with van der Waals surface area (Å²) in [6.07, 6.45) is 1.96. The molecule has 17 heavy (non-hydrogen) atoms. The second-order valence-electron chi connectivity index (χ2n) is 3.82. The van der Waals surface area contributed by atoms with E-state index >= 15 is 0 Å². The van der Waals surface area contributed by atoms with Gasteiger partial charge in [0.2, 0.25) is 0 Å². The van der Waals surface area contributed by atoms with Crippen molar-refractivity contribution in [3.05, 3.63) is 52.3 Å². The minimum Gasteiger partial charge on any atom is -0.381 e. The molecule has 0 unspecified atom stereocenters. The second kappa shape index (κ2) is 5.07. The molecule has 0 saturated carbocycles. The van der Waals surface area contributed by atoms with Crippen LogP contribution in [0.2, 0.25) is 0 Å². The Hall–Kier alpha value is -1.73. The van der Waals surface area contributed by atoms with E-state index in [1.807, 2.05) is 48.1 Å². The highest BCUT2D eigenvalue weighted by Crippen LogP contribution is 2.15. The fourth-order valence-electron chi connectivity index (χ4n) is 1.61. The van der Waals surface area contributed by atoms with Gasteiger partial charge in [-0.1, -0.05) is 15.9 Å². The minimum absolute atomic E-state index is 0.678. The van der Waals surface area contributed by atoms with Crippen molar-refractivity contribution < 1.29 is 0 Å². The molecule has 0 aliphatic heterocycles. The van der Waals surface area contributed by atoms with E-state index in [0.29, 0.717) is 5.69 Å². The Morgan fingerprint density at radius 1 is 1.35 bits per heavy atom. The normalized spacial score (nSPS) is 9.94. The molecule has 86 valence electrons. The van der Waals surface area contributed by atoms with Gasteiger partial charge in [0.15, 0.2) is 0 Å². The van der Waals surface area contributed by atoms with Crippen LogP contribution < -0.4 is 5.32 Å². The molecule has 2 aromatic rings. The number of aromatic nitrogens is 1. The maximum Gasteiger partial charge on any atom is 0.120 e. The van der Waals surface area contributed by atoms with Gasteiger partial charge in [-0.3, -0.25) is 0 Å². The fraction of sp³-hybridized carbons (Fsp3) is 0.154. The fourth-order valence-corrected chi connectivity index (χ4v) is 1.88. The average molecular weight is 290 g/mol. The molecular weight excluding hydrogens is 278 g/mol. The van der Waals surface area contributed by atoms with E-state index in [1.165, 1.54) is 0 Å². The Balaban J connectivity index is 2.02. The molecule has 0 atom stereocenters. The first-order chi connectivity index (χ1) is 8.19. The first kappa shape index (κ1) is 11.7. The lowest BCUT2D eigenvalue weighted by atomic mass is 10.3. The molecule has 0 aliphatic rings. The largest absolute Gasteiger partial charge is 0.381 e. The zero-order valence-corrected chi connectivity index (χ0v) is 11.0. The topological polar surface area (TPSA) is 40.8 Å². The molecule has 0 saturated heterocycles. The molecule has 1 N–H and O–H groups in total. The number of anilines is 1. The lowest BCUT2D eigenvalue weighted by Crippen LogP contribution is -1.97. The summed E-state index contributed by atoms with van der Waals surface area (Å²) in [5.41, 5.74) is 2.85. The first-order valence-electron chi connectivity index (χ1n) is 5.24. The quantitative estimate of drug-likeness (QED) is 0.942.